The highest BCUT2D eigenvalue weighted by molar-refractivity contribution is 6.53. The number of alkyl halides is 2. The second-order valence-electron chi connectivity index (χ2n) is 12.4. The van der Waals surface area contributed by atoms with Crippen molar-refractivity contribution in [1.82, 2.24) is 4.90 Å². The molecule has 4 aliphatic rings. The lowest BCUT2D eigenvalue weighted by molar-refractivity contribution is -0.138. The van der Waals surface area contributed by atoms with Gasteiger partial charge in [-0.25, -0.2) is 0 Å². The van der Waals surface area contributed by atoms with E-state index < -0.39 is 51.1 Å². The van der Waals surface area contributed by atoms with Gasteiger partial charge in [0, 0.05) is 24.1 Å². The summed E-state index contributed by atoms with van der Waals surface area (Å²) in [6.45, 7) is -0.0660. The van der Waals surface area contributed by atoms with Gasteiger partial charge in [-0.05, 0) is 60.7 Å². The number of fused-ring (bicyclic) bond motifs is 4. The lowest BCUT2D eigenvalue weighted by Crippen LogP contribution is -2.60. The van der Waals surface area contributed by atoms with Gasteiger partial charge in [0.2, 0.25) is 11.8 Å². The maximum atomic E-state index is 14.3. The molecule has 240 valence electrons. The van der Waals surface area contributed by atoms with E-state index >= 15 is 0 Å². The molecule has 6 atom stereocenters. The molecule has 3 aromatic carbocycles. The van der Waals surface area contributed by atoms with Gasteiger partial charge in [-0.1, -0.05) is 54.1 Å². The van der Waals surface area contributed by atoms with E-state index in [1.54, 1.807) is 72.8 Å². The normalized spacial score (nSPS) is 29.7. The first-order valence-corrected chi connectivity index (χ1v) is 16.1. The molecule has 3 aromatic rings. The molecule has 0 aromatic heterocycles. The van der Waals surface area contributed by atoms with Gasteiger partial charge in [-0.3, -0.25) is 33.8 Å². The number of ether oxygens (including phenoxy) is 1. The Kier molecular flexibility index (Phi) is 7.62. The van der Waals surface area contributed by atoms with Crippen LogP contribution in [0.2, 0.25) is 0 Å². The zero-order valence-corrected chi connectivity index (χ0v) is 26.8. The van der Waals surface area contributed by atoms with E-state index in [1.165, 1.54) is 7.05 Å². The largest absolute Gasteiger partial charge is 0.491 e. The second-order valence-corrected chi connectivity index (χ2v) is 13.6. The molecular weight excluding hydrogens is 643 g/mol. The molecule has 2 aliphatic heterocycles. The van der Waals surface area contributed by atoms with Crippen molar-refractivity contribution in [2.45, 2.75) is 28.5 Å². The molecule has 6 unspecified atom stereocenters. The third-order valence-electron chi connectivity index (χ3n) is 10.0. The SMILES string of the molecule is CN1C(=O)C2(Cl)CC3C(=CCC4C(=O)N(c5ccc(C(=O)c6ccccc6)cc5)C(=O)C43)C(c3ccc(OCCO)cc3)C2(Cl)C1=O. The molecule has 4 amide bonds. The van der Waals surface area contributed by atoms with Crippen LogP contribution in [0.3, 0.4) is 0 Å². The summed E-state index contributed by atoms with van der Waals surface area (Å²) < 4.78 is 5.51. The highest BCUT2D eigenvalue weighted by Crippen LogP contribution is 2.65. The van der Waals surface area contributed by atoms with Crippen LogP contribution in [0, 0.1) is 17.8 Å². The number of benzene rings is 3. The van der Waals surface area contributed by atoms with E-state index in [9.17, 15) is 24.0 Å². The van der Waals surface area contributed by atoms with Gasteiger partial charge in [-0.2, -0.15) is 0 Å². The maximum Gasteiger partial charge on any atom is 0.253 e. The van der Waals surface area contributed by atoms with E-state index in [0.717, 1.165) is 9.80 Å². The minimum absolute atomic E-state index is 0.0970. The number of hydrogen-bond donors (Lipinski definition) is 1. The minimum atomic E-state index is -1.88. The molecule has 11 heteroatoms. The number of nitrogens with zero attached hydrogens (tertiary/aromatic N) is 2. The van der Waals surface area contributed by atoms with Crippen molar-refractivity contribution in [2.24, 2.45) is 17.8 Å². The quantitative estimate of drug-likeness (QED) is 0.170. The molecule has 2 saturated heterocycles. The van der Waals surface area contributed by atoms with Crippen LogP contribution in [-0.2, 0) is 19.2 Å². The van der Waals surface area contributed by atoms with E-state index in [1.807, 2.05) is 12.1 Å². The van der Waals surface area contributed by atoms with Crippen LogP contribution in [0.5, 0.6) is 5.75 Å². The Hall–Kier alpha value is -4.31. The van der Waals surface area contributed by atoms with Crippen LogP contribution in [0.4, 0.5) is 5.69 Å². The summed E-state index contributed by atoms with van der Waals surface area (Å²) in [5, 5.41) is 9.14. The summed E-state index contributed by atoms with van der Waals surface area (Å²) in [5.74, 6) is -4.87. The number of likely N-dealkylation sites (tertiary alicyclic amines) is 1. The van der Waals surface area contributed by atoms with Gasteiger partial charge < -0.3 is 9.84 Å². The van der Waals surface area contributed by atoms with Crippen LogP contribution in [0.15, 0.2) is 90.5 Å². The average molecular weight is 674 g/mol. The van der Waals surface area contributed by atoms with Crippen molar-refractivity contribution in [3.63, 3.8) is 0 Å². The Bertz CT molecular complexity index is 1840. The Morgan fingerprint density at radius 2 is 1.53 bits per heavy atom. The summed E-state index contributed by atoms with van der Waals surface area (Å²) >= 11 is 14.5. The monoisotopic (exact) mass is 672 g/mol. The van der Waals surface area contributed by atoms with Gasteiger partial charge in [0.25, 0.3) is 11.8 Å². The number of allylic oxidation sites excluding steroid dienone is 2. The Labute approximate surface area is 280 Å². The van der Waals surface area contributed by atoms with Crippen LogP contribution in [0.25, 0.3) is 0 Å². The zero-order valence-electron chi connectivity index (χ0n) is 25.3. The fraction of sp³-hybridized carbons (Fsp3) is 0.306. The standard InChI is InChI=1S/C36H30Cl2N2O7/c1-39-33(45)35(37)19-27-25(29(36(35,38)34(39)46)20-9-13-24(14-10-20)47-18-17-41)15-16-26-28(27)32(44)40(31(26)43)23-11-7-22(8-12-23)30(42)21-5-3-2-4-6-21/h2-15,26-29,41H,16-19H2,1H3. The van der Waals surface area contributed by atoms with Crippen molar-refractivity contribution in [2.75, 3.05) is 25.2 Å². The molecule has 1 N–H and O–H groups in total. The molecule has 1 saturated carbocycles. The lowest BCUT2D eigenvalue weighted by atomic mass is 9.56. The number of anilines is 1. The Morgan fingerprint density at radius 1 is 0.872 bits per heavy atom. The number of halogens is 2. The molecule has 0 bridgehead atoms. The zero-order chi connectivity index (χ0) is 33.2. The molecule has 0 spiro atoms. The minimum Gasteiger partial charge on any atom is -0.491 e. The Balaban J connectivity index is 1.25. The summed E-state index contributed by atoms with van der Waals surface area (Å²) in [6.07, 6.45) is 2.00. The van der Waals surface area contributed by atoms with Crippen LogP contribution >= 0.6 is 23.2 Å². The topological polar surface area (TPSA) is 121 Å². The number of rotatable bonds is 7. The summed E-state index contributed by atoms with van der Waals surface area (Å²) in [5.41, 5.74) is 2.56. The Morgan fingerprint density at radius 3 is 2.19 bits per heavy atom. The predicted octanol–water partition coefficient (Wildman–Crippen LogP) is 4.48. The number of aliphatic hydroxyl groups excluding tert-OH is 1. The number of carbonyl (C=O) groups is 5. The first-order chi connectivity index (χ1) is 22.5. The third-order valence-corrected chi connectivity index (χ3v) is 11.4. The van der Waals surface area contributed by atoms with Crippen LogP contribution < -0.4 is 9.64 Å². The number of carbonyl (C=O) groups excluding carboxylic acids is 5. The fourth-order valence-corrected chi connectivity index (χ4v) is 8.83. The van der Waals surface area contributed by atoms with Crippen LogP contribution in [-0.4, -0.2) is 69.4 Å². The van der Waals surface area contributed by atoms with Crippen molar-refractivity contribution < 1.29 is 33.8 Å². The summed E-state index contributed by atoms with van der Waals surface area (Å²) in [7, 11) is 1.35. The molecule has 0 radical (unpaired) electrons. The first kappa shape index (κ1) is 31.3. The summed E-state index contributed by atoms with van der Waals surface area (Å²) in [4.78, 5) is 66.8. The number of ketones is 1. The van der Waals surface area contributed by atoms with Crippen molar-refractivity contribution >= 4 is 58.3 Å². The highest BCUT2D eigenvalue weighted by Gasteiger charge is 2.75. The molecular formula is C36H30Cl2N2O7. The van der Waals surface area contributed by atoms with Crippen molar-refractivity contribution in [3.8, 4) is 5.75 Å². The molecule has 3 fully saturated rings. The number of amides is 4. The van der Waals surface area contributed by atoms with Gasteiger partial charge in [0.1, 0.15) is 12.4 Å². The average Bonchev–Trinajstić information content (AvgIpc) is 3.42. The van der Waals surface area contributed by atoms with E-state index in [-0.39, 0.29) is 37.7 Å². The molecule has 2 aliphatic carbocycles. The highest BCUT2D eigenvalue weighted by atomic mass is 35.5. The first-order valence-electron chi connectivity index (χ1n) is 15.3. The van der Waals surface area contributed by atoms with Crippen molar-refractivity contribution in [3.05, 3.63) is 107 Å². The number of imide groups is 2. The smallest absolute Gasteiger partial charge is 0.253 e. The van der Waals surface area contributed by atoms with Gasteiger partial charge in [0.05, 0.1) is 24.1 Å². The van der Waals surface area contributed by atoms with E-state index in [4.69, 9.17) is 33.0 Å². The van der Waals surface area contributed by atoms with E-state index in [2.05, 4.69) is 0 Å². The maximum absolute atomic E-state index is 14.3. The fourth-order valence-electron chi connectivity index (χ4n) is 7.81. The summed E-state index contributed by atoms with van der Waals surface area (Å²) in [6, 6.07) is 22.0. The predicted molar refractivity (Wildman–Crippen MR) is 173 cm³/mol. The molecule has 47 heavy (non-hydrogen) atoms. The third kappa shape index (κ3) is 4.51. The molecule has 9 nitrogen and oxygen atoms in total. The lowest BCUT2D eigenvalue weighted by Gasteiger charge is -2.50. The van der Waals surface area contributed by atoms with Crippen molar-refractivity contribution in [1.29, 1.82) is 0 Å². The van der Waals surface area contributed by atoms with Crippen LogP contribution in [0.1, 0.15) is 40.2 Å². The van der Waals surface area contributed by atoms with Gasteiger partial charge in [0.15, 0.2) is 15.5 Å². The number of hydrogen-bond acceptors (Lipinski definition) is 7. The van der Waals surface area contributed by atoms with Gasteiger partial charge in [-0.15, -0.1) is 23.2 Å². The number of aliphatic hydroxyl groups is 1. The second kappa shape index (κ2) is 11.4. The molecule has 7 rings (SSSR count). The van der Waals surface area contributed by atoms with Gasteiger partial charge >= 0.3 is 0 Å². The van der Waals surface area contributed by atoms with E-state index in [0.29, 0.717) is 33.7 Å². The molecule has 2 heterocycles.